The van der Waals surface area contributed by atoms with Crippen LogP contribution in [0.4, 0.5) is 4.39 Å². The molecule has 6 heteroatoms. The lowest BCUT2D eigenvalue weighted by molar-refractivity contribution is -0.134. The molecular weight excluding hydrogens is 299 g/mol. The molecule has 2 amide bonds. The monoisotopic (exact) mass is 320 g/mol. The number of carbonyl (C=O) groups excluding carboxylic acids is 2. The zero-order chi connectivity index (χ0) is 16.2. The Balaban J connectivity index is 1.41. The van der Waals surface area contributed by atoms with E-state index in [9.17, 15) is 14.0 Å². The number of likely N-dealkylation sites (tertiary alicyclic amines) is 1. The van der Waals surface area contributed by atoms with Crippen molar-refractivity contribution in [3.63, 3.8) is 0 Å². The summed E-state index contributed by atoms with van der Waals surface area (Å²) in [6.45, 7) is 1.02. The van der Waals surface area contributed by atoms with Crippen LogP contribution < -0.4 is 10.1 Å². The van der Waals surface area contributed by atoms with E-state index in [1.54, 1.807) is 17.0 Å². The Morgan fingerprint density at radius 3 is 2.52 bits per heavy atom. The fourth-order valence-corrected chi connectivity index (χ4v) is 2.73. The van der Waals surface area contributed by atoms with E-state index in [1.165, 1.54) is 12.1 Å². The van der Waals surface area contributed by atoms with Gasteiger partial charge in [-0.2, -0.15) is 0 Å². The third kappa shape index (κ3) is 4.21. The zero-order valence-corrected chi connectivity index (χ0v) is 13.0. The minimum atomic E-state index is -0.471. The van der Waals surface area contributed by atoms with Gasteiger partial charge >= 0.3 is 0 Å². The molecule has 1 aliphatic carbocycles. The lowest BCUT2D eigenvalue weighted by Crippen LogP contribution is -2.48. The van der Waals surface area contributed by atoms with Gasteiger partial charge < -0.3 is 15.0 Å². The van der Waals surface area contributed by atoms with Crippen LogP contribution in [0.25, 0.3) is 0 Å². The molecule has 0 bridgehead atoms. The van der Waals surface area contributed by atoms with Gasteiger partial charge in [-0.3, -0.25) is 9.59 Å². The van der Waals surface area contributed by atoms with Crippen LogP contribution in [-0.2, 0) is 9.59 Å². The molecule has 0 spiro atoms. The van der Waals surface area contributed by atoms with E-state index >= 15 is 0 Å². The smallest absolute Gasteiger partial charge is 0.260 e. The normalized spacial score (nSPS) is 18.6. The van der Waals surface area contributed by atoms with Crippen LogP contribution in [0, 0.1) is 11.7 Å². The Labute approximate surface area is 134 Å². The van der Waals surface area contributed by atoms with E-state index in [0.29, 0.717) is 13.1 Å². The molecule has 1 saturated heterocycles. The Morgan fingerprint density at radius 2 is 1.87 bits per heavy atom. The summed E-state index contributed by atoms with van der Waals surface area (Å²) in [7, 11) is 0. The number of amides is 2. The number of hydrogen-bond donors (Lipinski definition) is 1. The van der Waals surface area contributed by atoms with Gasteiger partial charge in [-0.05, 0) is 37.8 Å². The predicted molar refractivity (Wildman–Crippen MR) is 82.4 cm³/mol. The first kappa shape index (κ1) is 15.8. The molecule has 3 rings (SSSR count). The van der Waals surface area contributed by atoms with Gasteiger partial charge in [0.05, 0.1) is 0 Å². The van der Waals surface area contributed by atoms with Crippen molar-refractivity contribution >= 4 is 11.8 Å². The summed E-state index contributed by atoms with van der Waals surface area (Å²) in [6.07, 6.45) is 3.50. The average Bonchev–Trinajstić information content (AvgIpc) is 3.39. The second-order valence-electron chi connectivity index (χ2n) is 6.16. The Morgan fingerprint density at radius 1 is 1.17 bits per heavy atom. The highest BCUT2D eigenvalue weighted by Crippen LogP contribution is 2.29. The van der Waals surface area contributed by atoms with E-state index in [0.717, 1.165) is 25.7 Å². The number of benzene rings is 1. The number of nitrogens with one attached hydrogen (secondary N) is 1. The maximum absolute atomic E-state index is 13.4. The second kappa shape index (κ2) is 6.98. The van der Waals surface area contributed by atoms with E-state index < -0.39 is 5.82 Å². The van der Waals surface area contributed by atoms with Crippen LogP contribution in [-0.4, -0.2) is 42.5 Å². The molecule has 1 aliphatic heterocycles. The Bertz CT molecular complexity index is 581. The molecule has 23 heavy (non-hydrogen) atoms. The van der Waals surface area contributed by atoms with Gasteiger partial charge in [0.15, 0.2) is 18.2 Å². The van der Waals surface area contributed by atoms with Crippen molar-refractivity contribution in [3.8, 4) is 5.75 Å². The Kier molecular flexibility index (Phi) is 4.79. The number of para-hydroxylation sites is 1. The first-order valence-corrected chi connectivity index (χ1v) is 8.09. The third-order valence-electron chi connectivity index (χ3n) is 4.33. The van der Waals surface area contributed by atoms with Crippen LogP contribution in [0.5, 0.6) is 5.75 Å². The van der Waals surface area contributed by atoms with Gasteiger partial charge in [0.2, 0.25) is 5.91 Å². The highest BCUT2D eigenvalue weighted by atomic mass is 19.1. The summed E-state index contributed by atoms with van der Waals surface area (Å²) in [5.41, 5.74) is 0. The number of carbonyl (C=O) groups is 2. The van der Waals surface area contributed by atoms with Gasteiger partial charge in [0.25, 0.3) is 5.91 Å². The maximum atomic E-state index is 13.4. The van der Waals surface area contributed by atoms with E-state index in [2.05, 4.69) is 5.32 Å². The van der Waals surface area contributed by atoms with Crippen LogP contribution in [0.15, 0.2) is 24.3 Å². The van der Waals surface area contributed by atoms with Crippen molar-refractivity contribution in [2.24, 2.45) is 5.92 Å². The molecule has 0 unspecified atom stereocenters. The predicted octanol–water partition coefficient (Wildman–Crippen LogP) is 1.72. The second-order valence-corrected chi connectivity index (χ2v) is 6.16. The molecule has 1 aromatic rings. The van der Waals surface area contributed by atoms with Crippen molar-refractivity contribution in [2.75, 3.05) is 19.7 Å². The van der Waals surface area contributed by atoms with Crippen molar-refractivity contribution in [2.45, 2.75) is 31.7 Å². The van der Waals surface area contributed by atoms with E-state index in [1.807, 2.05) is 0 Å². The molecule has 5 nitrogen and oxygen atoms in total. The van der Waals surface area contributed by atoms with E-state index in [4.69, 9.17) is 4.74 Å². The molecule has 1 aromatic carbocycles. The van der Waals surface area contributed by atoms with Gasteiger partial charge in [0, 0.05) is 25.0 Å². The summed E-state index contributed by atoms with van der Waals surface area (Å²) < 4.78 is 18.7. The number of rotatable bonds is 5. The molecule has 0 aromatic heterocycles. The van der Waals surface area contributed by atoms with Crippen molar-refractivity contribution in [1.29, 1.82) is 0 Å². The molecule has 1 saturated carbocycles. The van der Waals surface area contributed by atoms with Crippen LogP contribution in [0.2, 0.25) is 0 Å². The van der Waals surface area contributed by atoms with Crippen LogP contribution in [0.1, 0.15) is 25.7 Å². The standard InChI is InChI=1S/C17H21FN2O3/c18-14-3-1-2-4-15(14)23-11-16(21)20-9-7-13(8-10-20)19-17(22)12-5-6-12/h1-4,12-13H,5-11H2,(H,19,22). The van der Waals surface area contributed by atoms with Gasteiger partial charge in [0.1, 0.15) is 0 Å². The van der Waals surface area contributed by atoms with Crippen molar-refractivity contribution in [1.82, 2.24) is 10.2 Å². The summed E-state index contributed by atoms with van der Waals surface area (Å²) in [5, 5.41) is 3.05. The molecule has 0 atom stereocenters. The fraction of sp³-hybridized carbons (Fsp3) is 0.529. The summed E-state index contributed by atoms with van der Waals surface area (Å²) in [4.78, 5) is 25.6. The molecule has 1 heterocycles. The molecule has 2 aliphatic rings. The largest absolute Gasteiger partial charge is 0.481 e. The van der Waals surface area contributed by atoms with Crippen LogP contribution in [0.3, 0.4) is 0 Å². The maximum Gasteiger partial charge on any atom is 0.260 e. The molecule has 0 radical (unpaired) electrons. The minimum Gasteiger partial charge on any atom is -0.481 e. The molecule has 1 N–H and O–H groups in total. The summed E-state index contributed by atoms with van der Waals surface area (Å²) in [5.74, 6) is -0.170. The molecule has 124 valence electrons. The van der Waals surface area contributed by atoms with Crippen molar-refractivity contribution < 1.29 is 18.7 Å². The van der Waals surface area contributed by atoms with E-state index in [-0.39, 0.29) is 36.1 Å². The quantitative estimate of drug-likeness (QED) is 0.899. The highest BCUT2D eigenvalue weighted by Gasteiger charge is 2.32. The van der Waals surface area contributed by atoms with Gasteiger partial charge in [-0.15, -0.1) is 0 Å². The number of nitrogens with zero attached hydrogens (tertiary/aromatic N) is 1. The lowest BCUT2D eigenvalue weighted by Gasteiger charge is -2.32. The van der Waals surface area contributed by atoms with Gasteiger partial charge in [-0.25, -0.2) is 4.39 Å². The zero-order valence-electron chi connectivity index (χ0n) is 13.0. The SMILES string of the molecule is O=C(NC1CCN(C(=O)COc2ccccc2F)CC1)C1CC1. The fourth-order valence-electron chi connectivity index (χ4n) is 2.73. The summed E-state index contributed by atoms with van der Waals surface area (Å²) in [6, 6.07) is 6.19. The Hall–Kier alpha value is -2.11. The van der Waals surface area contributed by atoms with Crippen LogP contribution >= 0.6 is 0 Å². The first-order chi connectivity index (χ1) is 11.1. The van der Waals surface area contributed by atoms with Gasteiger partial charge in [-0.1, -0.05) is 12.1 Å². The topological polar surface area (TPSA) is 58.6 Å². The number of ether oxygens (including phenoxy) is 1. The highest BCUT2D eigenvalue weighted by molar-refractivity contribution is 5.81. The average molecular weight is 320 g/mol. The minimum absolute atomic E-state index is 0.0902. The molecular formula is C17H21FN2O3. The first-order valence-electron chi connectivity index (χ1n) is 8.09. The third-order valence-corrected chi connectivity index (χ3v) is 4.33. The lowest BCUT2D eigenvalue weighted by atomic mass is 10.0. The van der Waals surface area contributed by atoms with Crippen molar-refractivity contribution in [3.05, 3.63) is 30.1 Å². The number of hydrogen-bond acceptors (Lipinski definition) is 3. The number of halogens is 1. The number of piperidine rings is 1. The summed E-state index contributed by atoms with van der Waals surface area (Å²) >= 11 is 0. The molecule has 2 fully saturated rings.